The summed E-state index contributed by atoms with van der Waals surface area (Å²) in [5, 5.41) is 10.8. The SMILES string of the molecule is COc1ccc(N2CC(O)[O+]N2)cc1. The number of ether oxygens (including phenoxy) is 1. The maximum Gasteiger partial charge on any atom is 0.387 e. The highest BCUT2D eigenvalue weighted by Gasteiger charge is 2.33. The second-order valence-electron chi connectivity index (χ2n) is 2.97. The molecule has 1 atom stereocenters. The Morgan fingerprint density at radius 3 is 2.71 bits per heavy atom. The summed E-state index contributed by atoms with van der Waals surface area (Å²) in [7, 11) is 1.62. The van der Waals surface area contributed by atoms with Crippen LogP contribution >= 0.6 is 0 Å². The minimum absolute atomic E-state index is 0.409. The van der Waals surface area contributed by atoms with Crippen LogP contribution in [0.3, 0.4) is 0 Å². The van der Waals surface area contributed by atoms with Gasteiger partial charge in [-0.3, -0.25) is 0 Å². The lowest BCUT2D eigenvalue weighted by Crippen LogP contribution is -2.29. The third-order valence-corrected chi connectivity index (χ3v) is 2.02. The van der Waals surface area contributed by atoms with E-state index in [0.717, 1.165) is 11.4 Å². The fourth-order valence-corrected chi connectivity index (χ4v) is 1.28. The lowest BCUT2D eigenvalue weighted by molar-refractivity contribution is -0.0950. The number of rotatable bonds is 2. The van der Waals surface area contributed by atoms with Gasteiger partial charge in [0.25, 0.3) is 0 Å². The fraction of sp³-hybridized carbons (Fsp3) is 0.333. The van der Waals surface area contributed by atoms with E-state index >= 15 is 0 Å². The van der Waals surface area contributed by atoms with Crippen molar-refractivity contribution in [3.8, 4) is 5.75 Å². The molecule has 1 saturated heterocycles. The van der Waals surface area contributed by atoms with Gasteiger partial charge in [0, 0.05) is 4.84 Å². The molecule has 2 N–H and O–H groups in total. The zero-order valence-electron chi connectivity index (χ0n) is 7.80. The van der Waals surface area contributed by atoms with Crippen LogP contribution in [0.1, 0.15) is 0 Å². The molecule has 0 aliphatic carbocycles. The number of hydrogen-bond acceptors (Lipinski definition) is 5. The molecule has 1 aromatic carbocycles. The predicted octanol–water partition coefficient (Wildman–Crippen LogP) is 0.270. The molecule has 1 unspecified atom stereocenters. The first-order valence-corrected chi connectivity index (χ1v) is 4.30. The third kappa shape index (κ3) is 1.79. The van der Waals surface area contributed by atoms with Gasteiger partial charge >= 0.3 is 6.29 Å². The van der Waals surface area contributed by atoms with E-state index in [0.29, 0.717) is 6.54 Å². The van der Waals surface area contributed by atoms with Crippen molar-refractivity contribution in [3.05, 3.63) is 24.3 Å². The molecule has 0 amide bonds. The number of methoxy groups -OCH3 is 1. The second kappa shape index (κ2) is 3.83. The Hall–Kier alpha value is -1.30. The second-order valence-corrected chi connectivity index (χ2v) is 2.97. The molecule has 0 aromatic heterocycles. The van der Waals surface area contributed by atoms with E-state index in [1.165, 1.54) is 0 Å². The van der Waals surface area contributed by atoms with Gasteiger partial charge in [-0.1, -0.05) is 0 Å². The van der Waals surface area contributed by atoms with Crippen LogP contribution in [0.4, 0.5) is 5.69 Å². The Morgan fingerprint density at radius 1 is 1.50 bits per heavy atom. The number of aliphatic hydroxyl groups is 1. The smallest absolute Gasteiger partial charge is 0.387 e. The van der Waals surface area contributed by atoms with Crippen LogP contribution in [-0.4, -0.2) is 25.1 Å². The number of β-amino-alcohol motifs (C(OH)–C–C–N with tert-alkyl or cyclic N) is 1. The van der Waals surface area contributed by atoms with Crippen molar-refractivity contribution in [2.45, 2.75) is 6.29 Å². The molecule has 5 heteroatoms. The number of hydrogen-bond donors (Lipinski definition) is 2. The molecule has 1 fully saturated rings. The molecule has 1 radical (unpaired) electrons. The lowest BCUT2D eigenvalue weighted by Gasteiger charge is -2.10. The minimum atomic E-state index is -0.780. The number of benzene rings is 1. The molecule has 1 aliphatic heterocycles. The van der Waals surface area contributed by atoms with Gasteiger partial charge in [-0.25, -0.2) is 5.01 Å². The number of anilines is 1. The standard InChI is InChI=1S/C9H12N2O3/c1-13-8-4-2-7(3-5-8)11-6-9(12)14-10-11/h2-5,9-10,12H,6H2,1H3/q+1. The van der Waals surface area contributed by atoms with Crippen LogP contribution in [0.2, 0.25) is 0 Å². The van der Waals surface area contributed by atoms with Gasteiger partial charge in [-0.05, 0) is 24.3 Å². The molecule has 5 nitrogen and oxygen atoms in total. The monoisotopic (exact) mass is 196 g/mol. The summed E-state index contributed by atoms with van der Waals surface area (Å²) in [5.41, 5.74) is 3.52. The fourth-order valence-electron chi connectivity index (χ4n) is 1.28. The molecular formula is C9H12N2O3+. The van der Waals surface area contributed by atoms with Gasteiger partial charge in [0.15, 0.2) is 6.54 Å². The van der Waals surface area contributed by atoms with E-state index in [4.69, 9.17) is 14.7 Å². The van der Waals surface area contributed by atoms with Gasteiger partial charge < -0.3 is 9.84 Å². The van der Waals surface area contributed by atoms with E-state index in [1.54, 1.807) is 12.1 Å². The van der Waals surface area contributed by atoms with Crippen molar-refractivity contribution in [1.82, 2.24) is 5.59 Å². The number of nitrogens with one attached hydrogen (secondary N) is 1. The highest BCUT2D eigenvalue weighted by atomic mass is 16.8. The quantitative estimate of drug-likeness (QED) is 0.665. The topological polar surface area (TPSA) is 56.0 Å². The first kappa shape index (κ1) is 9.26. The van der Waals surface area contributed by atoms with E-state index in [1.807, 2.05) is 24.3 Å². The maximum absolute atomic E-state index is 9.11. The lowest BCUT2D eigenvalue weighted by atomic mass is 10.3. The Bertz CT molecular complexity index is 301. The Morgan fingerprint density at radius 2 is 2.21 bits per heavy atom. The predicted molar refractivity (Wildman–Crippen MR) is 50.6 cm³/mol. The number of hydrazine groups is 1. The Balaban J connectivity index is 2.09. The molecular weight excluding hydrogens is 184 g/mol. The summed E-state index contributed by atoms with van der Waals surface area (Å²) in [6, 6.07) is 7.46. The molecule has 0 spiro atoms. The Kier molecular flexibility index (Phi) is 2.53. The highest BCUT2D eigenvalue weighted by Crippen LogP contribution is 2.19. The summed E-state index contributed by atoms with van der Waals surface area (Å²) in [5.74, 6) is 0.800. The molecule has 75 valence electrons. The van der Waals surface area contributed by atoms with E-state index in [-0.39, 0.29) is 0 Å². The van der Waals surface area contributed by atoms with Crippen molar-refractivity contribution in [1.29, 1.82) is 0 Å². The van der Waals surface area contributed by atoms with Crippen molar-refractivity contribution in [3.63, 3.8) is 0 Å². The van der Waals surface area contributed by atoms with Crippen molar-refractivity contribution in [2.24, 2.45) is 0 Å². The van der Waals surface area contributed by atoms with Crippen LogP contribution in [0.25, 0.3) is 0 Å². The van der Waals surface area contributed by atoms with Crippen LogP contribution in [-0.2, 0) is 4.84 Å². The van der Waals surface area contributed by atoms with E-state index < -0.39 is 6.29 Å². The summed E-state index contributed by atoms with van der Waals surface area (Å²) < 4.78 is 5.03. The average Bonchev–Trinajstić information content (AvgIpc) is 2.65. The van der Waals surface area contributed by atoms with Gasteiger partial charge in [-0.2, -0.15) is 0 Å². The minimum Gasteiger partial charge on any atom is -0.497 e. The highest BCUT2D eigenvalue weighted by molar-refractivity contribution is 5.48. The van der Waals surface area contributed by atoms with Gasteiger partial charge in [-0.15, -0.1) is 0 Å². The van der Waals surface area contributed by atoms with Crippen LogP contribution in [0, 0.1) is 0 Å². The molecule has 0 saturated carbocycles. The van der Waals surface area contributed by atoms with Crippen molar-refractivity contribution in [2.75, 3.05) is 18.7 Å². The molecule has 14 heavy (non-hydrogen) atoms. The van der Waals surface area contributed by atoms with Gasteiger partial charge in [0.2, 0.25) is 0 Å². The van der Waals surface area contributed by atoms with E-state index in [9.17, 15) is 0 Å². The summed E-state index contributed by atoms with van der Waals surface area (Å²) >= 11 is 0. The average molecular weight is 196 g/mol. The van der Waals surface area contributed by atoms with Crippen LogP contribution < -0.4 is 15.3 Å². The molecule has 1 aromatic rings. The number of nitrogens with zero attached hydrogens (tertiary/aromatic N) is 1. The van der Waals surface area contributed by atoms with E-state index in [2.05, 4.69) is 5.59 Å². The zero-order chi connectivity index (χ0) is 9.97. The van der Waals surface area contributed by atoms with Crippen LogP contribution in [0.5, 0.6) is 5.75 Å². The third-order valence-electron chi connectivity index (χ3n) is 2.02. The van der Waals surface area contributed by atoms with Gasteiger partial charge in [0.1, 0.15) is 5.75 Å². The zero-order valence-corrected chi connectivity index (χ0v) is 7.80. The van der Waals surface area contributed by atoms with Gasteiger partial charge in [0.05, 0.1) is 18.4 Å². The summed E-state index contributed by atoms with van der Waals surface area (Å²) in [6.45, 7) is 0.409. The molecule has 0 bridgehead atoms. The maximum atomic E-state index is 9.11. The Labute approximate surface area is 81.8 Å². The summed E-state index contributed by atoms with van der Waals surface area (Å²) in [6.07, 6.45) is -0.780. The molecule has 1 heterocycles. The van der Waals surface area contributed by atoms with Crippen molar-refractivity contribution < 1.29 is 14.7 Å². The first-order chi connectivity index (χ1) is 6.79. The molecule has 1 aliphatic rings. The summed E-state index contributed by atoms with van der Waals surface area (Å²) in [4.78, 5) is 4.78. The van der Waals surface area contributed by atoms with Crippen molar-refractivity contribution >= 4 is 5.69 Å². The molecule has 2 rings (SSSR count). The van der Waals surface area contributed by atoms with Crippen LogP contribution in [0.15, 0.2) is 24.3 Å². The number of aliphatic hydroxyl groups excluding tert-OH is 1. The largest absolute Gasteiger partial charge is 0.497 e. The first-order valence-electron chi connectivity index (χ1n) is 4.30. The normalized spacial score (nSPS) is 21.3.